The van der Waals surface area contributed by atoms with E-state index in [1.165, 1.54) is 0 Å². The number of methoxy groups -OCH3 is 1. The number of benzene rings is 1. The van der Waals surface area contributed by atoms with E-state index in [9.17, 15) is 0 Å². The summed E-state index contributed by atoms with van der Waals surface area (Å²) < 4.78 is 5.05. The molecule has 0 saturated heterocycles. The number of nitriles is 1. The first-order valence-corrected chi connectivity index (χ1v) is 4.61. The summed E-state index contributed by atoms with van der Waals surface area (Å²) in [5.41, 5.74) is 0.680. The highest BCUT2D eigenvalue weighted by atomic mass is 16.5. The third-order valence-electron chi connectivity index (χ3n) is 2.44. The van der Waals surface area contributed by atoms with E-state index in [1.54, 1.807) is 7.11 Å². The van der Waals surface area contributed by atoms with Crippen molar-refractivity contribution >= 4 is 5.69 Å². The van der Waals surface area contributed by atoms with E-state index in [-0.39, 0.29) is 5.54 Å². The molecule has 0 unspecified atom stereocenters. The van der Waals surface area contributed by atoms with Crippen LogP contribution in [0.2, 0.25) is 0 Å². The molecule has 72 valence electrons. The number of nitrogens with zero attached hydrogens (tertiary/aromatic N) is 1. The number of rotatable bonds is 3. The molecule has 1 aliphatic rings. The fourth-order valence-corrected chi connectivity index (χ4v) is 1.34. The largest absolute Gasteiger partial charge is 0.497 e. The third-order valence-corrected chi connectivity index (χ3v) is 2.44. The molecule has 1 saturated carbocycles. The summed E-state index contributed by atoms with van der Waals surface area (Å²) in [6.45, 7) is 0. The zero-order valence-electron chi connectivity index (χ0n) is 8.08. The number of nitrogens with one attached hydrogen (secondary N) is 1. The van der Waals surface area contributed by atoms with Gasteiger partial charge in [0.05, 0.1) is 13.2 Å². The first kappa shape index (κ1) is 8.89. The third kappa shape index (κ3) is 1.64. The quantitative estimate of drug-likeness (QED) is 0.790. The molecule has 3 nitrogen and oxygen atoms in total. The highest BCUT2D eigenvalue weighted by molar-refractivity contribution is 5.52. The summed E-state index contributed by atoms with van der Waals surface area (Å²) in [5.74, 6) is 0.831. The minimum atomic E-state index is -0.297. The summed E-state index contributed by atoms with van der Waals surface area (Å²) in [7, 11) is 1.64. The molecule has 0 spiro atoms. The maximum atomic E-state index is 8.88. The first-order chi connectivity index (χ1) is 6.78. The zero-order chi connectivity index (χ0) is 10.0. The Labute approximate surface area is 83.3 Å². The van der Waals surface area contributed by atoms with E-state index < -0.39 is 0 Å². The van der Waals surface area contributed by atoms with E-state index in [0.29, 0.717) is 0 Å². The number of hydrogen-bond acceptors (Lipinski definition) is 3. The van der Waals surface area contributed by atoms with Crippen molar-refractivity contribution in [1.82, 2.24) is 0 Å². The van der Waals surface area contributed by atoms with Crippen LogP contribution in [0.4, 0.5) is 5.69 Å². The van der Waals surface area contributed by atoms with Gasteiger partial charge < -0.3 is 10.1 Å². The number of hydrogen-bond donors (Lipinski definition) is 1. The monoisotopic (exact) mass is 188 g/mol. The molecule has 1 N–H and O–H groups in total. The second kappa shape index (κ2) is 3.22. The molecule has 2 rings (SSSR count). The molecule has 0 bridgehead atoms. The Balaban J connectivity index is 2.08. The van der Waals surface area contributed by atoms with Crippen LogP contribution in [-0.4, -0.2) is 12.6 Å². The summed E-state index contributed by atoms with van der Waals surface area (Å²) in [4.78, 5) is 0. The lowest BCUT2D eigenvalue weighted by molar-refractivity contribution is 0.415. The van der Waals surface area contributed by atoms with E-state index >= 15 is 0 Å². The van der Waals surface area contributed by atoms with E-state index in [1.807, 2.05) is 24.3 Å². The van der Waals surface area contributed by atoms with Gasteiger partial charge in [-0.15, -0.1) is 0 Å². The van der Waals surface area contributed by atoms with Crippen molar-refractivity contribution in [2.24, 2.45) is 0 Å². The lowest BCUT2D eigenvalue weighted by Crippen LogP contribution is -2.17. The van der Waals surface area contributed by atoms with Crippen molar-refractivity contribution in [2.75, 3.05) is 12.4 Å². The molecule has 0 amide bonds. The first-order valence-electron chi connectivity index (χ1n) is 4.61. The van der Waals surface area contributed by atoms with Crippen LogP contribution in [-0.2, 0) is 0 Å². The van der Waals surface area contributed by atoms with E-state index in [4.69, 9.17) is 10.00 Å². The Hall–Kier alpha value is -1.69. The Morgan fingerprint density at radius 1 is 1.36 bits per heavy atom. The maximum absolute atomic E-state index is 8.88. The fraction of sp³-hybridized carbons (Fsp3) is 0.364. The van der Waals surface area contributed by atoms with Crippen molar-refractivity contribution in [1.29, 1.82) is 5.26 Å². The minimum absolute atomic E-state index is 0.297. The molecule has 0 radical (unpaired) electrons. The lowest BCUT2D eigenvalue weighted by Gasteiger charge is -2.10. The van der Waals surface area contributed by atoms with Crippen LogP contribution in [0.5, 0.6) is 5.75 Å². The Bertz CT molecular complexity index is 360. The van der Waals surface area contributed by atoms with Crippen molar-refractivity contribution in [3.05, 3.63) is 24.3 Å². The van der Waals surface area contributed by atoms with Crippen LogP contribution in [0.15, 0.2) is 24.3 Å². The van der Waals surface area contributed by atoms with Crippen LogP contribution in [0, 0.1) is 11.3 Å². The number of anilines is 1. The van der Waals surface area contributed by atoms with Gasteiger partial charge in [-0.25, -0.2) is 0 Å². The van der Waals surface area contributed by atoms with Gasteiger partial charge in [0, 0.05) is 5.69 Å². The molecule has 1 fully saturated rings. The van der Waals surface area contributed by atoms with Gasteiger partial charge in [-0.05, 0) is 37.1 Å². The van der Waals surface area contributed by atoms with Gasteiger partial charge in [0.15, 0.2) is 0 Å². The lowest BCUT2D eigenvalue weighted by atomic mass is 10.2. The Morgan fingerprint density at radius 3 is 2.43 bits per heavy atom. The SMILES string of the molecule is COc1ccc(NC2(C#N)CC2)cc1. The van der Waals surface area contributed by atoms with Gasteiger partial charge in [0.25, 0.3) is 0 Å². The van der Waals surface area contributed by atoms with Gasteiger partial charge >= 0.3 is 0 Å². The van der Waals surface area contributed by atoms with Crippen molar-refractivity contribution in [3.8, 4) is 11.8 Å². The molecule has 0 heterocycles. The smallest absolute Gasteiger partial charge is 0.125 e. The van der Waals surface area contributed by atoms with Crippen molar-refractivity contribution in [3.63, 3.8) is 0 Å². The maximum Gasteiger partial charge on any atom is 0.125 e. The average Bonchev–Trinajstić information content (AvgIpc) is 3.00. The number of ether oxygens (including phenoxy) is 1. The summed E-state index contributed by atoms with van der Waals surface area (Å²) in [6.07, 6.45) is 1.88. The molecule has 1 aromatic carbocycles. The molecular formula is C11H12N2O. The van der Waals surface area contributed by atoms with Crippen LogP contribution >= 0.6 is 0 Å². The van der Waals surface area contributed by atoms with Crippen LogP contribution in [0.25, 0.3) is 0 Å². The van der Waals surface area contributed by atoms with Crippen molar-refractivity contribution < 1.29 is 4.74 Å². The predicted octanol–water partition coefficient (Wildman–Crippen LogP) is 2.16. The molecule has 0 atom stereocenters. The Morgan fingerprint density at radius 2 is 2.00 bits per heavy atom. The standard InChI is InChI=1S/C11H12N2O/c1-14-10-4-2-9(3-5-10)13-11(8-12)6-7-11/h2-5,13H,6-7H2,1H3. The molecule has 1 aromatic rings. The normalized spacial score (nSPS) is 16.9. The molecule has 14 heavy (non-hydrogen) atoms. The zero-order valence-corrected chi connectivity index (χ0v) is 8.08. The molecule has 0 aromatic heterocycles. The predicted molar refractivity (Wildman–Crippen MR) is 54.2 cm³/mol. The minimum Gasteiger partial charge on any atom is -0.497 e. The average molecular weight is 188 g/mol. The van der Waals surface area contributed by atoms with Crippen molar-refractivity contribution in [2.45, 2.75) is 18.4 Å². The second-order valence-electron chi connectivity index (χ2n) is 3.55. The molecular weight excluding hydrogens is 176 g/mol. The van der Waals surface area contributed by atoms with Crippen LogP contribution in [0.1, 0.15) is 12.8 Å². The van der Waals surface area contributed by atoms with Gasteiger partial charge in [0.2, 0.25) is 0 Å². The fourth-order valence-electron chi connectivity index (χ4n) is 1.34. The Kier molecular flexibility index (Phi) is 2.05. The van der Waals surface area contributed by atoms with Crippen LogP contribution < -0.4 is 10.1 Å². The van der Waals surface area contributed by atoms with E-state index in [2.05, 4.69) is 11.4 Å². The van der Waals surface area contributed by atoms with Gasteiger partial charge in [0.1, 0.15) is 11.3 Å². The topological polar surface area (TPSA) is 45.0 Å². The molecule has 3 heteroatoms. The summed E-state index contributed by atoms with van der Waals surface area (Å²) >= 11 is 0. The van der Waals surface area contributed by atoms with Gasteiger partial charge in [-0.3, -0.25) is 0 Å². The van der Waals surface area contributed by atoms with E-state index in [0.717, 1.165) is 24.3 Å². The highest BCUT2D eigenvalue weighted by Gasteiger charge is 2.43. The van der Waals surface area contributed by atoms with Gasteiger partial charge in [-0.1, -0.05) is 0 Å². The molecule has 0 aliphatic heterocycles. The highest BCUT2D eigenvalue weighted by Crippen LogP contribution is 2.38. The molecule has 1 aliphatic carbocycles. The van der Waals surface area contributed by atoms with Gasteiger partial charge in [-0.2, -0.15) is 5.26 Å². The van der Waals surface area contributed by atoms with Crippen LogP contribution in [0.3, 0.4) is 0 Å². The summed E-state index contributed by atoms with van der Waals surface area (Å²) in [5, 5.41) is 12.1. The second-order valence-corrected chi connectivity index (χ2v) is 3.55. The summed E-state index contributed by atoms with van der Waals surface area (Å²) in [6, 6.07) is 9.91.